The third-order valence-electron chi connectivity index (χ3n) is 3.97. The van der Waals surface area contributed by atoms with Gasteiger partial charge in [-0.15, -0.1) is 0 Å². The molecule has 0 aromatic carbocycles. The van der Waals surface area contributed by atoms with Crippen molar-refractivity contribution in [3.63, 3.8) is 0 Å². The van der Waals surface area contributed by atoms with E-state index in [-0.39, 0.29) is 24.1 Å². The summed E-state index contributed by atoms with van der Waals surface area (Å²) in [4.78, 5) is 24.0. The number of fused-ring (bicyclic) bond motifs is 1. The molecular weight excluding hydrogens is 348 g/mol. The van der Waals surface area contributed by atoms with Crippen LogP contribution in [0, 0.1) is 0 Å². The number of halogens is 1. The van der Waals surface area contributed by atoms with E-state index in [0.29, 0.717) is 0 Å². The lowest BCUT2D eigenvalue weighted by molar-refractivity contribution is -0.122. The average molecular weight is 365 g/mol. The van der Waals surface area contributed by atoms with Crippen molar-refractivity contribution in [3.05, 3.63) is 50.6 Å². The van der Waals surface area contributed by atoms with Gasteiger partial charge < -0.3 is 9.88 Å². The van der Waals surface area contributed by atoms with Gasteiger partial charge in [0.25, 0.3) is 5.56 Å². The van der Waals surface area contributed by atoms with Gasteiger partial charge in [-0.2, -0.15) is 5.10 Å². The van der Waals surface area contributed by atoms with Gasteiger partial charge in [0.05, 0.1) is 12.2 Å². The van der Waals surface area contributed by atoms with Gasteiger partial charge in [0, 0.05) is 35.0 Å². The van der Waals surface area contributed by atoms with E-state index in [1.165, 1.54) is 16.3 Å². The molecule has 22 heavy (non-hydrogen) atoms. The van der Waals surface area contributed by atoms with Crippen molar-refractivity contribution in [1.82, 2.24) is 19.7 Å². The number of hydrogen-bond donors (Lipinski definition) is 1. The number of carbonyl (C=O) groups is 1. The number of nitrogens with one attached hydrogen (secondary N) is 1. The topological polar surface area (TPSA) is 68.9 Å². The van der Waals surface area contributed by atoms with Crippen molar-refractivity contribution in [3.8, 4) is 0 Å². The number of rotatable bonds is 3. The lowest BCUT2D eigenvalue weighted by Crippen LogP contribution is -2.35. The second-order valence-corrected chi connectivity index (χ2v) is 6.41. The fourth-order valence-corrected chi connectivity index (χ4v) is 3.26. The lowest BCUT2D eigenvalue weighted by atomic mass is 9.93. The first kappa shape index (κ1) is 15.0. The monoisotopic (exact) mass is 364 g/mol. The van der Waals surface area contributed by atoms with Crippen LogP contribution in [0.5, 0.6) is 0 Å². The maximum absolute atomic E-state index is 12.2. The Kier molecular flexibility index (Phi) is 4.15. The standard InChI is InChI=1S/C15H17BrN4O2/c1-19-13-4-2-3-12(11(13)7-17-19)18-14(21)9-20-8-10(16)5-6-15(20)22/h5-8,12H,2-4,9H2,1H3,(H,18,21). The van der Waals surface area contributed by atoms with Crippen LogP contribution in [0.25, 0.3) is 0 Å². The van der Waals surface area contributed by atoms with Crippen LogP contribution < -0.4 is 10.9 Å². The molecule has 1 amide bonds. The van der Waals surface area contributed by atoms with Crippen LogP contribution in [0.1, 0.15) is 30.1 Å². The van der Waals surface area contributed by atoms with Gasteiger partial charge in [-0.3, -0.25) is 14.3 Å². The molecule has 6 nitrogen and oxygen atoms in total. The zero-order valence-corrected chi connectivity index (χ0v) is 13.8. The predicted octanol–water partition coefficient (Wildman–Crippen LogP) is 1.54. The van der Waals surface area contributed by atoms with Gasteiger partial charge in [0.2, 0.25) is 5.91 Å². The fourth-order valence-electron chi connectivity index (χ4n) is 2.88. The first-order chi connectivity index (χ1) is 10.5. The Hall–Kier alpha value is -1.89. The Labute approximate surface area is 136 Å². The summed E-state index contributed by atoms with van der Waals surface area (Å²) >= 11 is 3.31. The third kappa shape index (κ3) is 2.99. The van der Waals surface area contributed by atoms with Crippen molar-refractivity contribution >= 4 is 21.8 Å². The molecule has 0 spiro atoms. The number of hydrogen-bond acceptors (Lipinski definition) is 3. The van der Waals surface area contributed by atoms with Gasteiger partial charge in [-0.05, 0) is 41.3 Å². The van der Waals surface area contributed by atoms with E-state index in [1.54, 1.807) is 12.3 Å². The molecule has 7 heteroatoms. The highest BCUT2D eigenvalue weighted by atomic mass is 79.9. The molecule has 1 unspecified atom stereocenters. The molecule has 116 valence electrons. The largest absolute Gasteiger partial charge is 0.348 e. The molecule has 1 aliphatic rings. The molecule has 2 heterocycles. The highest BCUT2D eigenvalue weighted by Gasteiger charge is 2.24. The Balaban J connectivity index is 1.73. The molecule has 0 saturated heterocycles. The molecule has 2 aromatic rings. The number of amides is 1. The van der Waals surface area contributed by atoms with Crippen molar-refractivity contribution in [2.24, 2.45) is 7.05 Å². The van der Waals surface area contributed by atoms with Gasteiger partial charge in [-0.25, -0.2) is 0 Å². The van der Waals surface area contributed by atoms with Crippen molar-refractivity contribution in [1.29, 1.82) is 0 Å². The first-order valence-corrected chi connectivity index (χ1v) is 8.00. The van der Waals surface area contributed by atoms with Crippen molar-refractivity contribution in [2.75, 3.05) is 0 Å². The number of aryl methyl sites for hydroxylation is 1. The fraction of sp³-hybridized carbons (Fsp3) is 0.400. The summed E-state index contributed by atoms with van der Waals surface area (Å²) in [6, 6.07) is 3.09. The van der Waals surface area contributed by atoms with E-state index in [1.807, 2.05) is 17.9 Å². The minimum absolute atomic E-state index is 0.0182. The summed E-state index contributed by atoms with van der Waals surface area (Å²) < 4.78 is 4.03. The van der Waals surface area contributed by atoms with E-state index >= 15 is 0 Å². The molecule has 0 fully saturated rings. The Morgan fingerprint density at radius 3 is 3.14 bits per heavy atom. The van der Waals surface area contributed by atoms with Crippen LogP contribution in [0.15, 0.2) is 33.8 Å². The molecular formula is C15H17BrN4O2. The summed E-state index contributed by atoms with van der Waals surface area (Å²) in [6.07, 6.45) is 6.36. The summed E-state index contributed by atoms with van der Waals surface area (Å²) in [7, 11) is 1.92. The number of aromatic nitrogens is 3. The van der Waals surface area contributed by atoms with Gasteiger partial charge >= 0.3 is 0 Å². The van der Waals surface area contributed by atoms with Crippen molar-refractivity contribution < 1.29 is 4.79 Å². The van der Waals surface area contributed by atoms with Gasteiger partial charge in [-0.1, -0.05) is 0 Å². The summed E-state index contributed by atoms with van der Waals surface area (Å²) in [5.74, 6) is -0.165. The molecule has 0 radical (unpaired) electrons. The molecule has 1 aliphatic carbocycles. The second kappa shape index (κ2) is 6.08. The maximum Gasteiger partial charge on any atom is 0.251 e. The highest BCUT2D eigenvalue weighted by Crippen LogP contribution is 2.28. The number of nitrogens with zero attached hydrogens (tertiary/aromatic N) is 3. The van der Waals surface area contributed by atoms with E-state index in [4.69, 9.17) is 0 Å². The number of pyridine rings is 1. The Morgan fingerprint density at radius 1 is 1.50 bits per heavy atom. The minimum Gasteiger partial charge on any atom is -0.348 e. The van der Waals surface area contributed by atoms with E-state index in [0.717, 1.165) is 29.3 Å². The zero-order valence-electron chi connectivity index (χ0n) is 12.3. The van der Waals surface area contributed by atoms with Crippen LogP contribution in [0.3, 0.4) is 0 Å². The van der Waals surface area contributed by atoms with Crippen LogP contribution in [0.2, 0.25) is 0 Å². The van der Waals surface area contributed by atoms with Crippen LogP contribution in [-0.2, 0) is 24.8 Å². The quantitative estimate of drug-likeness (QED) is 0.897. The zero-order chi connectivity index (χ0) is 15.7. The van der Waals surface area contributed by atoms with Gasteiger partial charge in [0.1, 0.15) is 6.54 Å². The molecule has 0 bridgehead atoms. The Bertz CT molecular complexity index is 765. The SMILES string of the molecule is Cn1ncc2c1CCCC2NC(=O)Cn1cc(Br)ccc1=O. The minimum atomic E-state index is -0.191. The molecule has 1 atom stereocenters. The van der Waals surface area contributed by atoms with E-state index in [9.17, 15) is 9.59 Å². The van der Waals surface area contributed by atoms with Crippen molar-refractivity contribution in [2.45, 2.75) is 31.8 Å². The van der Waals surface area contributed by atoms with Gasteiger partial charge in [0.15, 0.2) is 0 Å². The summed E-state index contributed by atoms with van der Waals surface area (Å²) in [5.41, 5.74) is 2.07. The first-order valence-electron chi connectivity index (χ1n) is 7.21. The number of carbonyl (C=O) groups excluding carboxylic acids is 1. The molecule has 2 aromatic heterocycles. The molecule has 0 saturated carbocycles. The summed E-state index contributed by atoms with van der Waals surface area (Å²) in [5, 5.41) is 7.29. The van der Waals surface area contributed by atoms with E-state index < -0.39 is 0 Å². The molecule has 0 aliphatic heterocycles. The summed E-state index contributed by atoms with van der Waals surface area (Å²) in [6.45, 7) is 0.0182. The van der Waals surface area contributed by atoms with Crippen LogP contribution in [0.4, 0.5) is 0 Å². The van der Waals surface area contributed by atoms with E-state index in [2.05, 4.69) is 26.3 Å². The van der Waals surface area contributed by atoms with Crippen LogP contribution in [-0.4, -0.2) is 20.3 Å². The predicted molar refractivity (Wildman–Crippen MR) is 85.4 cm³/mol. The second-order valence-electron chi connectivity index (χ2n) is 5.50. The average Bonchev–Trinajstić information content (AvgIpc) is 2.86. The normalized spacial score (nSPS) is 17.1. The maximum atomic E-state index is 12.2. The Morgan fingerprint density at radius 2 is 2.32 bits per heavy atom. The van der Waals surface area contributed by atoms with Crippen LogP contribution >= 0.6 is 15.9 Å². The highest BCUT2D eigenvalue weighted by molar-refractivity contribution is 9.10. The molecule has 1 N–H and O–H groups in total. The smallest absolute Gasteiger partial charge is 0.251 e. The molecule has 3 rings (SSSR count). The lowest BCUT2D eigenvalue weighted by Gasteiger charge is -2.24. The third-order valence-corrected chi connectivity index (χ3v) is 4.44.